The summed E-state index contributed by atoms with van der Waals surface area (Å²) >= 11 is 0. The molecule has 2 N–H and O–H groups in total. The van der Waals surface area contributed by atoms with Crippen LogP contribution in [0.5, 0.6) is 5.75 Å². The molecule has 78 valence electrons. The summed E-state index contributed by atoms with van der Waals surface area (Å²) in [4.78, 5) is 0. The van der Waals surface area contributed by atoms with Crippen molar-refractivity contribution in [3.8, 4) is 5.75 Å². The Bertz CT molecular complexity index is 296. The third-order valence-corrected chi connectivity index (χ3v) is 2.37. The fourth-order valence-electron chi connectivity index (χ4n) is 1.46. The van der Waals surface area contributed by atoms with Crippen LogP contribution in [0.1, 0.15) is 37.4 Å². The zero-order valence-corrected chi connectivity index (χ0v) is 9.21. The van der Waals surface area contributed by atoms with Gasteiger partial charge in [-0.15, -0.1) is 0 Å². The first-order valence-electron chi connectivity index (χ1n) is 5.18. The summed E-state index contributed by atoms with van der Waals surface area (Å²) in [6, 6.07) is 6.30. The highest BCUT2D eigenvalue weighted by Gasteiger charge is 2.05. The molecule has 2 nitrogen and oxygen atoms in total. The lowest BCUT2D eigenvalue weighted by molar-refractivity contribution is 0.337. The van der Waals surface area contributed by atoms with Gasteiger partial charge in [0.2, 0.25) is 0 Å². The molecule has 1 rings (SSSR count). The number of aryl methyl sites for hydroxylation is 1. The monoisotopic (exact) mass is 193 g/mol. The van der Waals surface area contributed by atoms with Crippen LogP contribution < -0.4 is 10.5 Å². The number of benzene rings is 1. The quantitative estimate of drug-likeness (QED) is 0.798. The highest BCUT2D eigenvalue weighted by Crippen LogP contribution is 2.22. The predicted molar refractivity (Wildman–Crippen MR) is 59.6 cm³/mol. The maximum atomic E-state index is 5.95. The summed E-state index contributed by atoms with van der Waals surface area (Å²) in [5, 5.41) is 0. The highest BCUT2D eigenvalue weighted by molar-refractivity contribution is 5.37. The van der Waals surface area contributed by atoms with Gasteiger partial charge in [0, 0.05) is 6.04 Å². The lowest BCUT2D eigenvalue weighted by Crippen LogP contribution is -2.08. The van der Waals surface area contributed by atoms with E-state index in [1.54, 1.807) is 0 Å². The van der Waals surface area contributed by atoms with Crippen LogP contribution in [0.2, 0.25) is 0 Å². The van der Waals surface area contributed by atoms with Crippen LogP contribution in [-0.4, -0.2) is 6.61 Å². The van der Waals surface area contributed by atoms with E-state index in [1.165, 1.54) is 5.56 Å². The molecule has 0 saturated heterocycles. The van der Waals surface area contributed by atoms with Crippen LogP contribution in [-0.2, 0) is 0 Å². The standard InChI is InChI=1S/C12H19NO/c1-4-11(13)10-6-7-12(14-5-2)9(3)8-10/h6-8,11H,4-5,13H2,1-3H3/t11-/m0/s1. The fourth-order valence-corrected chi connectivity index (χ4v) is 1.46. The van der Waals surface area contributed by atoms with Crippen LogP contribution >= 0.6 is 0 Å². The normalized spacial score (nSPS) is 12.6. The molecule has 0 amide bonds. The van der Waals surface area contributed by atoms with Gasteiger partial charge in [-0.1, -0.05) is 19.1 Å². The van der Waals surface area contributed by atoms with Crippen molar-refractivity contribution in [3.63, 3.8) is 0 Å². The molecular formula is C12H19NO. The lowest BCUT2D eigenvalue weighted by Gasteiger charge is -2.12. The molecule has 0 unspecified atom stereocenters. The van der Waals surface area contributed by atoms with Crippen molar-refractivity contribution in [1.82, 2.24) is 0 Å². The van der Waals surface area contributed by atoms with Crippen LogP contribution in [0, 0.1) is 6.92 Å². The Kier molecular flexibility index (Phi) is 3.96. The molecule has 0 aromatic heterocycles. The van der Waals surface area contributed by atoms with Crippen molar-refractivity contribution in [2.75, 3.05) is 6.61 Å². The minimum Gasteiger partial charge on any atom is -0.494 e. The molecule has 14 heavy (non-hydrogen) atoms. The summed E-state index contributed by atoms with van der Waals surface area (Å²) in [5.74, 6) is 0.958. The van der Waals surface area contributed by atoms with Gasteiger partial charge in [0.05, 0.1) is 6.61 Å². The first kappa shape index (κ1) is 11.1. The Labute approximate surface area is 86.1 Å². The Hall–Kier alpha value is -1.02. The van der Waals surface area contributed by atoms with Gasteiger partial charge in [-0.2, -0.15) is 0 Å². The van der Waals surface area contributed by atoms with Crippen molar-refractivity contribution in [3.05, 3.63) is 29.3 Å². The number of hydrogen-bond donors (Lipinski definition) is 1. The maximum Gasteiger partial charge on any atom is 0.122 e. The van der Waals surface area contributed by atoms with Gasteiger partial charge in [0.15, 0.2) is 0 Å². The van der Waals surface area contributed by atoms with E-state index in [2.05, 4.69) is 19.9 Å². The Balaban J connectivity index is 2.88. The third kappa shape index (κ3) is 2.48. The number of rotatable bonds is 4. The van der Waals surface area contributed by atoms with Gasteiger partial charge in [-0.05, 0) is 37.5 Å². The zero-order valence-electron chi connectivity index (χ0n) is 9.21. The van der Waals surface area contributed by atoms with E-state index in [0.29, 0.717) is 6.61 Å². The first-order valence-corrected chi connectivity index (χ1v) is 5.18. The number of ether oxygens (including phenoxy) is 1. The van der Waals surface area contributed by atoms with Gasteiger partial charge in [0.1, 0.15) is 5.75 Å². The lowest BCUT2D eigenvalue weighted by atomic mass is 10.0. The molecule has 0 bridgehead atoms. The van der Waals surface area contributed by atoms with Crippen molar-refractivity contribution < 1.29 is 4.74 Å². The molecular weight excluding hydrogens is 174 g/mol. The van der Waals surface area contributed by atoms with E-state index in [9.17, 15) is 0 Å². The Morgan fingerprint density at radius 2 is 2.07 bits per heavy atom. The molecule has 1 aromatic rings. The molecule has 0 aliphatic carbocycles. The molecule has 0 heterocycles. The second-order valence-corrected chi connectivity index (χ2v) is 3.47. The van der Waals surface area contributed by atoms with E-state index in [-0.39, 0.29) is 6.04 Å². The largest absolute Gasteiger partial charge is 0.494 e. The van der Waals surface area contributed by atoms with Gasteiger partial charge < -0.3 is 10.5 Å². The van der Waals surface area contributed by atoms with Gasteiger partial charge >= 0.3 is 0 Å². The van der Waals surface area contributed by atoms with Gasteiger partial charge in [-0.25, -0.2) is 0 Å². The smallest absolute Gasteiger partial charge is 0.122 e. The summed E-state index contributed by atoms with van der Waals surface area (Å²) in [6.45, 7) is 6.85. The molecule has 1 aromatic carbocycles. The molecule has 0 spiro atoms. The maximum absolute atomic E-state index is 5.95. The van der Waals surface area contributed by atoms with E-state index in [0.717, 1.165) is 17.7 Å². The molecule has 0 radical (unpaired) electrons. The van der Waals surface area contributed by atoms with Crippen molar-refractivity contribution in [1.29, 1.82) is 0 Å². The second kappa shape index (κ2) is 5.01. The number of hydrogen-bond acceptors (Lipinski definition) is 2. The summed E-state index contributed by atoms with van der Waals surface area (Å²) < 4.78 is 5.46. The van der Waals surface area contributed by atoms with Gasteiger partial charge in [-0.3, -0.25) is 0 Å². The van der Waals surface area contributed by atoms with E-state index in [1.807, 2.05) is 19.1 Å². The minimum atomic E-state index is 0.143. The molecule has 0 aliphatic heterocycles. The Morgan fingerprint density at radius 1 is 1.36 bits per heavy atom. The van der Waals surface area contributed by atoms with E-state index < -0.39 is 0 Å². The summed E-state index contributed by atoms with van der Waals surface area (Å²) in [7, 11) is 0. The molecule has 2 heteroatoms. The zero-order chi connectivity index (χ0) is 10.6. The van der Waals surface area contributed by atoms with Crippen molar-refractivity contribution in [2.45, 2.75) is 33.2 Å². The third-order valence-electron chi connectivity index (χ3n) is 2.37. The molecule has 0 aliphatic rings. The van der Waals surface area contributed by atoms with Crippen LogP contribution in [0.3, 0.4) is 0 Å². The topological polar surface area (TPSA) is 35.2 Å². The first-order chi connectivity index (χ1) is 6.69. The van der Waals surface area contributed by atoms with E-state index >= 15 is 0 Å². The van der Waals surface area contributed by atoms with E-state index in [4.69, 9.17) is 10.5 Å². The van der Waals surface area contributed by atoms with Crippen LogP contribution in [0.15, 0.2) is 18.2 Å². The Morgan fingerprint density at radius 3 is 2.57 bits per heavy atom. The minimum absolute atomic E-state index is 0.143. The molecule has 1 atom stereocenters. The highest BCUT2D eigenvalue weighted by atomic mass is 16.5. The number of nitrogens with two attached hydrogens (primary N) is 1. The average molecular weight is 193 g/mol. The van der Waals surface area contributed by atoms with Crippen molar-refractivity contribution >= 4 is 0 Å². The molecule has 0 fully saturated rings. The van der Waals surface area contributed by atoms with Crippen LogP contribution in [0.4, 0.5) is 0 Å². The SMILES string of the molecule is CCOc1ccc([C@@H](N)CC)cc1C. The van der Waals surface area contributed by atoms with Gasteiger partial charge in [0.25, 0.3) is 0 Å². The average Bonchev–Trinajstić information content (AvgIpc) is 2.20. The van der Waals surface area contributed by atoms with Crippen LogP contribution in [0.25, 0.3) is 0 Å². The fraction of sp³-hybridized carbons (Fsp3) is 0.500. The molecule has 0 saturated carbocycles. The summed E-state index contributed by atoms with van der Waals surface area (Å²) in [5.41, 5.74) is 8.30. The second-order valence-electron chi connectivity index (χ2n) is 3.47. The summed E-state index contributed by atoms with van der Waals surface area (Å²) in [6.07, 6.45) is 0.966. The van der Waals surface area contributed by atoms with Crippen molar-refractivity contribution in [2.24, 2.45) is 5.73 Å². The predicted octanol–water partition coefficient (Wildman–Crippen LogP) is 2.80.